The molecule has 0 bridgehead atoms. The van der Waals surface area contributed by atoms with Crippen LogP contribution in [-0.4, -0.2) is 40.8 Å². The summed E-state index contributed by atoms with van der Waals surface area (Å²) in [5, 5.41) is 12.9. The van der Waals surface area contributed by atoms with Gasteiger partial charge in [0.15, 0.2) is 0 Å². The van der Waals surface area contributed by atoms with Crippen molar-refractivity contribution in [2.75, 3.05) is 30.4 Å². The number of nitrogens with one attached hydrogen (secondary N) is 1. The highest BCUT2D eigenvalue weighted by atomic mass is 16.3. The number of aliphatic hydroxyl groups is 1. The van der Waals surface area contributed by atoms with Gasteiger partial charge in [-0.3, -0.25) is 0 Å². The smallest absolute Gasteiger partial charge is 0.134 e. The number of rotatable bonds is 2. The lowest BCUT2D eigenvalue weighted by atomic mass is 10.1. The highest BCUT2D eigenvalue weighted by Crippen LogP contribution is 2.26. The second-order valence-electron chi connectivity index (χ2n) is 4.58. The van der Waals surface area contributed by atoms with Gasteiger partial charge in [0.05, 0.1) is 5.60 Å². The predicted octanol–water partition coefficient (Wildman–Crippen LogP) is 0.788. The van der Waals surface area contributed by atoms with Gasteiger partial charge < -0.3 is 15.3 Å². The van der Waals surface area contributed by atoms with E-state index in [0.717, 1.165) is 30.4 Å². The molecule has 2 N–H and O–H groups in total. The molecule has 1 atom stereocenters. The van der Waals surface area contributed by atoms with Crippen LogP contribution in [0.4, 0.5) is 11.6 Å². The maximum absolute atomic E-state index is 9.92. The summed E-state index contributed by atoms with van der Waals surface area (Å²) in [6.07, 6.45) is 0.783. The monoisotopic (exact) mass is 222 g/mol. The third kappa shape index (κ3) is 2.24. The zero-order valence-corrected chi connectivity index (χ0v) is 9.99. The van der Waals surface area contributed by atoms with Crippen molar-refractivity contribution in [1.82, 2.24) is 9.97 Å². The quantitative estimate of drug-likeness (QED) is 0.774. The van der Waals surface area contributed by atoms with Crippen molar-refractivity contribution < 1.29 is 5.11 Å². The average molecular weight is 222 g/mol. The number of β-amino-alcohol motifs (C(OH)–C–C–N with tert-alkyl or cyclic N) is 1. The van der Waals surface area contributed by atoms with Crippen LogP contribution in [0.3, 0.4) is 0 Å². The molecule has 16 heavy (non-hydrogen) atoms. The van der Waals surface area contributed by atoms with Crippen LogP contribution in [0, 0.1) is 6.92 Å². The van der Waals surface area contributed by atoms with E-state index in [4.69, 9.17) is 0 Å². The lowest BCUT2D eigenvalue weighted by Crippen LogP contribution is -2.30. The standard InChI is InChI=1S/C11H18N4O/c1-8-13-9(12-3)6-10(14-8)15-5-4-11(2,16)7-15/h6,16H,4-5,7H2,1-3H3,(H,12,13,14). The van der Waals surface area contributed by atoms with E-state index in [1.807, 2.05) is 27.0 Å². The van der Waals surface area contributed by atoms with Gasteiger partial charge in [-0.25, -0.2) is 9.97 Å². The Morgan fingerprint density at radius 2 is 2.25 bits per heavy atom. The Kier molecular flexibility index (Phi) is 2.71. The molecule has 88 valence electrons. The van der Waals surface area contributed by atoms with Crippen molar-refractivity contribution in [3.8, 4) is 0 Å². The van der Waals surface area contributed by atoms with E-state index in [1.165, 1.54) is 0 Å². The van der Waals surface area contributed by atoms with E-state index in [0.29, 0.717) is 6.54 Å². The molecule has 0 spiro atoms. The summed E-state index contributed by atoms with van der Waals surface area (Å²) in [6.45, 7) is 5.21. The molecule has 1 aromatic heterocycles. The number of aryl methyl sites for hydroxylation is 1. The Morgan fingerprint density at radius 3 is 2.81 bits per heavy atom. The molecular weight excluding hydrogens is 204 g/mol. The van der Waals surface area contributed by atoms with E-state index < -0.39 is 5.60 Å². The minimum atomic E-state index is -0.599. The molecular formula is C11H18N4O. The summed E-state index contributed by atoms with van der Waals surface area (Å²) in [5.74, 6) is 2.44. The first-order valence-electron chi connectivity index (χ1n) is 5.51. The number of anilines is 2. The van der Waals surface area contributed by atoms with Crippen molar-refractivity contribution in [2.24, 2.45) is 0 Å². The highest BCUT2D eigenvalue weighted by Gasteiger charge is 2.32. The van der Waals surface area contributed by atoms with Gasteiger partial charge in [-0.1, -0.05) is 0 Å². The molecule has 5 heteroatoms. The van der Waals surface area contributed by atoms with Crippen molar-refractivity contribution in [2.45, 2.75) is 25.9 Å². The molecule has 0 aromatic carbocycles. The molecule has 1 aliphatic heterocycles. The normalized spacial score (nSPS) is 24.9. The van der Waals surface area contributed by atoms with Gasteiger partial charge in [-0.05, 0) is 20.3 Å². The van der Waals surface area contributed by atoms with Gasteiger partial charge in [-0.15, -0.1) is 0 Å². The second-order valence-corrected chi connectivity index (χ2v) is 4.58. The summed E-state index contributed by atoms with van der Waals surface area (Å²) in [7, 11) is 1.84. The van der Waals surface area contributed by atoms with Crippen molar-refractivity contribution >= 4 is 11.6 Å². The van der Waals surface area contributed by atoms with Gasteiger partial charge in [0, 0.05) is 26.2 Å². The first kappa shape index (κ1) is 11.1. The van der Waals surface area contributed by atoms with Gasteiger partial charge in [0.2, 0.25) is 0 Å². The third-order valence-electron chi connectivity index (χ3n) is 2.86. The van der Waals surface area contributed by atoms with Crippen LogP contribution in [0.25, 0.3) is 0 Å². The largest absolute Gasteiger partial charge is 0.388 e. The number of nitrogens with zero attached hydrogens (tertiary/aromatic N) is 3. The van der Waals surface area contributed by atoms with Gasteiger partial charge in [0.1, 0.15) is 17.5 Å². The molecule has 1 aliphatic rings. The molecule has 2 heterocycles. The summed E-state index contributed by atoms with van der Waals surface area (Å²) >= 11 is 0. The van der Waals surface area contributed by atoms with Crippen LogP contribution in [-0.2, 0) is 0 Å². The van der Waals surface area contributed by atoms with E-state index in [-0.39, 0.29) is 0 Å². The molecule has 1 aromatic rings. The zero-order chi connectivity index (χ0) is 11.8. The van der Waals surface area contributed by atoms with Crippen LogP contribution in [0.15, 0.2) is 6.07 Å². The lowest BCUT2D eigenvalue weighted by Gasteiger charge is -2.20. The van der Waals surface area contributed by atoms with Gasteiger partial charge in [-0.2, -0.15) is 0 Å². The van der Waals surface area contributed by atoms with Gasteiger partial charge >= 0.3 is 0 Å². The highest BCUT2D eigenvalue weighted by molar-refractivity contribution is 5.50. The van der Waals surface area contributed by atoms with Crippen molar-refractivity contribution in [3.05, 3.63) is 11.9 Å². The Morgan fingerprint density at radius 1 is 1.50 bits per heavy atom. The van der Waals surface area contributed by atoms with Crippen molar-refractivity contribution in [1.29, 1.82) is 0 Å². The number of hydrogen-bond acceptors (Lipinski definition) is 5. The van der Waals surface area contributed by atoms with E-state index in [9.17, 15) is 5.11 Å². The Balaban J connectivity index is 2.24. The summed E-state index contributed by atoms with van der Waals surface area (Å²) in [4.78, 5) is 10.7. The summed E-state index contributed by atoms with van der Waals surface area (Å²) in [5.41, 5.74) is -0.599. The van der Waals surface area contributed by atoms with Crippen LogP contribution in [0.5, 0.6) is 0 Å². The molecule has 1 saturated heterocycles. The molecule has 5 nitrogen and oxygen atoms in total. The first-order chi connectivity index (χ1) is 7.50. The van der Waals surface area contributed by atoms with Crippen LogP contribution >= 0.6 is 0 Å². The average Bonchev–Trinajstić information content (AvgIpc) is 2.58. The summed E-state index contributed by atoms with van der Waals surface area (Å²) < 4.78 is 0. The van der Waals surface area contributed by atoms with Crippen LogP contribution < -0.4 is 10.2 Å². The molecule has 1 fully saturated rings. The molecule has 0 radical (unpaired) electrons. The Hall–Kier alpha value is -1.36. The summed E-state index contributed by atoms with van der Waals surface area (Å²) in [6, 6.07) is 1.91. The Labute approximate surface area is 95.5 Å². The van der Waals surface area contributed by atoms with E-state index >= 15 is 0 Å². The molecule has 1 unspecified atom stereocenters. The van der Waals surface area contributed by atoms with E-state index in [2.05, 4.69) is 20.2 Å². The maximum atomic E-state index is 9.92. The number of aromatic nitrogens is 2. The van der Waals surface area contributed by atoms with Crippen molar-refractivity contribution in [3.63, 3.8) is 0 Å². The lowest BCUT2D eigenvalue weighted by molar-refractivity contribution is 0.0839. The predicted molar refractivity (Wildman–Crippen MR) is 63.8 cm³/mol. The first-order valence-corrected chi connectivity index (χ1v) is 5.51. The fraction of sp³-hybridized carbons (Fsp3) is 0.636. The van der Waals surface area contributed by atoms with Gasteiger partial charge in [0.25, 0.3) is 0 Å². The number of hydrogen-bond donors (Lipinski definition) is 2. The van der Waals surface area contributed by atoms with Crippen LogP contribution in [0.1, 0.15) is 19.2 Å². The SMILES string of the molecule is CNc1cc(N2CCC(C)(O)C2)nc(C)n1. The fourth-order valence-corrected chi connectivity index (χ4v) is 1.98. The zero-order valence-electron chi connectivity index (χ0n) is 9.99. The minimum Gasteiger partial charge on any atom is -0.388 e. The van der Waals surface area contributed by atoms with E-state index in [1.54, 1.807) is 0 Å². The molecule has 0 saturated carbocycles. The molecule has 0 amide bonds. The third-order valence-corrected chi connectivity index (χ3v) is 2.86. The van der Waals surface area contributed by atoms with Crippen LogP contribution in [0.2, 0.25) is 0 Å². The molecule has 2 rings (SSSR count). The Bertz CT molecular complexity index is 392. The topological polar surface area (TPSA) is 61.3 Å². The maximum Gasteiger partial charge on any atom is 0.134 e. The second kappa shape index (κ2) is 3.90. The fourth-order valence-electron chi connectivity index (χ4n) is 1.98. The molecule has 0 aliphatic carbocycles. The minimum absolute atomic E-state index is 0.599.